The van der Waals surface area contributed by atoms with E-state index >= 15 is 0 Å². The highest BCUT2D eigenvalue weighted by molar-refractivity contribution is 9.11. The van der Waals surface area contributed by atoms with Gasteiger partial charge in [0.1, 0.15) is 12.1 Å². The van der Waals surface area contributed by atoms with E-state index in [1.165, 1.54) is 4.88 Å². The first kappa shape index (κ1) is 18.3. The van der Waals surface area contributed by atoms with Crippen LogP contribution in [0.3, 0.4) is 0 Å². The molecular weight excluding hydrogens is 430 g/mol. The zero-order valence-electron chi connectivity index (χ0n) is 14.5. The fourth-order valence-electron chi connectivity index (χ4n) is 3.17. The van der Waals surface area contributed by atoms with E-state index < -0.39 is 0 Å². The normalized spacial score (nSPS) is 15.4. The Hall–Kier alpha value is -2.10. The maximum Gasteiger partial charge on any atom is 0.278 e. The predicted octanol–water partition coefficient (Wildman–Crippen LogP) is 1.96. The summed E-state index contributed by atoms with van der Waals surface area (Å²) in [6.07, 6.45) is 0. The summed E-state index contributed by atoms with van der Waals surface area (Å²) in [6, 6.07) is 11.2. The number of carbonyl (C=O) groups is 1. The van der Waals surface area contributed by atoms with Gasteiger partial charge in [0.15, 0.2) is 0 Å². The molecule has 1 fully saturated rings. The minimum absolute atomic E-state index is 0.0749. The molecule has 0 atom stereocenters. The van der Waals surface area contributed by atoms with Crippen LogP contribution in [0.25, 0.3) is 10.9 Å². The van der Waals surface area contributed by atoms with E-state index in [0.717, 1.165) is 28.1 Å². The first-order chi connectivity index (χ1) is 13.1. The van der Waals surface area contributed by atoms with Crippen molar-refractivity contribution >= 4 is 44.1 Å². The van der Waals surface area contributed by atoms with Crippen molar-refractivity contribution in [3.05, 3.63) is 55.4 Å². The molecule has 1 aromatic carbocycles. The molecule has 0 bridgehead atoms. The van der Waals surface area contributed by atoms with Crippen molar-refractivity contribution < 1.29 is 4.79 Å². The minimum Gasteiger partial charge on any atom is -0.339 e. The first-order valence-corrected chi connectivity index (χ1v) is 10.3. The lowest BCUT2D eigenvalue weighted by Crippen LogP contribution is -2.49. The van der Waals surface area contributed by atoms with Crippen LogP contribution in [0.4, 0.5) is 0 Å². The molecular formula is C18H18BrN5O2S. The maximum absolute atomic E-state index is 12.6. The number of carbonyl (C=O) groups excluding carboxylic acids is 1. The standard InChI is InChI=1S/C18H18BrN5O2S/c19-16-6-5-13(27-16)11-22-7-9-23(10-8-22)17(25)12-24-18(26)14-3-1-2-4-15(14)20-21-24/h1-6H,7-12H2. The van der Waals surface area contributed by atoms with Crippen LogP contribution in [0.1, 0.15) is 4.88 Å². The van der Waals surface area contributed by atoms with Crippen LogP contribution in [0, 0.1) is 0 Å². The predicted molar refractivity (Wildman–Crippen MR) is 108 cm³/mol. The molecule has 1 aliphatic heterocycles. The summed E-state index contributed by atoms with van der Waals surface area (Å²) in [5.74, 6) is -0.0970. The molecule has 0 saturated carbocycles. The average Bonchev–Trinajstić information content (AvgIpc) is 3.09. The van der Waals surface area contributed by atoms with Gasteiger partial charge in [-0.25, -0.2) is 4.68 Å². The topological polar surface area (TPSA) is 71.3 Å². The molecule has 0 N–H and O–H groups in total. The molecule has 27 heavy (non-hydrogen) atoms. The van der Waals surface area contributed by atoms with E-state index in [9.17, 15) is 9.59 Å². The van der Waals surface area contributed by atoms with Crippen LogP contribution in [0.15, 0.2) is 45.0 Å². The fourth-order valence-corrected chi connectivity index (χ4v) is 4.69. The molecule has 4 rings (SSSR count). The number of piperazine rings is 1. The van der Waals surface area contributed by atoms with Gasteiger partial charge in [0.05, 0.1) is 9.17 Å². The van der Waals surface area contributed by atoms with Gasteiger partial charge in [0.2, 0.25) is 5.91 Å². The molecule has 0 unspecified atom stereocenters. The monoisotopic (exact) mass is 447 g/mol. The zero-order chi connectivity index (χ0) is 18.8. The second kappa shape index (κ2) is 7.87. The van der Waals surface area contributed by atoms with Gasteiger partial charge >= 0.3 is 0 Å². The van der Waals surface area contributed by atoms with E-state index in [4.69, 9.17) is 0 Å². The molecule has 9 heteroatoms. The van der Waals surface area contributed by atoms with Crippen LogP contribution in [0.2, 0.25) is 0 Å². The Morgan fingerprint density at radius 3 is 2.63 bits per heavy atom. The molecule has 3 heterocycles. The lowest BCUT2D eigenvalue weighted by molar-refractivity contribution is -0.134. The largest absolute Gasteiger partial charge is 0.339 e. The van der Waals surface area contributed by atoms with Crippen LogP contribution < -0.4 is 5.56 Å². The highest BCUT2D eigenvalue weighted by atomic mass is 79.9. The number of hydrogen-bond donors (Lipinski definition) is 0. The molecule has 0 radical (unpaired) electrons. The molecule has 1 aliphatic rings. The average molecular weight is 448 g/mol. The molecule has 7 nitrogen and oxygen atoms in total. The Labute approximate surface area is 168 Å². The Kier molecular flexibility index (Phi) is 5.33. The summed E-state index contributed by atoms with van der Waals surface area (Å²) in [5, 5.41) is 8.42. The van der Waals surface area contributed by atoms with Gasteiger partial charge in [0.25, 0.3) is 5.56 Å². The van der Waals surface area contributed by atoms with Crippen LogP contribution in [0.5, 0.6) is 0 Å². The molecule has 2 aromatic heterocycles. The van der Waals surface area contributed by atoms with Crippen LogP contribution >= 0.6 is 27.3 Å². The van der Waals surface area contributed by atoms with Crippen molar-refractivity contribution in [2.45, 2.75) is 13.1 Å². The zero-order valence-corrected chi connectivity index (χ0v) is 16.9. The van der Waals surface area contributed by atoms with E-state index in [-0.39, 0.29) is 18.0 Å². The summed E-state index contributed by atoms with van der Waals surface area (Å²) >= 11 is 5.22. The Morgan fingerprint density at radius 1 is 1.11 bits per heavy atom. The fraction of sp³-hybridized carbons (Fsp3) is 0.333. The van der Waals surface area contributed by atoms with Crippen molar-refractivity contribution in [2.75, 3.05) is 26.2 Å². The number of aromatic nitrogens is 3. The maximum atomic E-state index is 12.6. The molecule has 1 saturated heterocycles. The Bertz CT molecular complexity index is 1030. The summed E-state index contributed by atoms with van der Waals surface area (Å²) in [7, 11) is 0. The van der Waals surface area contributed by atoms with Gasteiger partial charge in [-0.15, -0.1) is 16.4 Å². The summed E-state index contributed by atoms with van der Waals surface area (Å²) in [6.45, 7) is 3.77. The smallest absolute Gasteiger partial charge is 0.278 e. The summed E-state index contributed by atoms with van der Waals surface area (Å²) < 4.78 is 2.29. The molecule has 140 valence electrons. The summed E-state index contributed by atoms with van der Waals surface area (Å²) in [5.41, 5.74) is 0.260. The highest BCUT2D eigenvalue weighted by Crippen LogP contribution is 2.23. The lowest BCUT2D eigenvalue weighted by atomic mass is 10.2. The second-order valence-corrected chi connectivity index (χ2v) is 8.98. The minimum atomic E-state index is -0.282. The molecule has 0 aliphatic carbocycles. The third-order valence-electron chi connectivity index (χ3n) is 4.65. The first-order valence-electron chi connectivity index (χ1n) is 8.67. The van der Waals surface area contributed by atoms with E-state index in [1.54, 1.807) is 40.5 Å². The van der Waals surface area contributed by atoms with E-state index in [2.05, 4.69) is 43.3 Å². The van der Waals surface area contributed by atoms with Gasteiger partial charge in [-0.2, -0.15) is 0 Å². The van der Waals surface area contributed by atoms with Crippen molar-refractivity contribution in [1.82, 2.24) is 24.8 Å². The number of halogens is 1. The van der Waals surface area contributed by atoms with Gasteiger partial charge in [0, 0.05) is 37.6 Å². The number of thiophene rings is 1. The second-order valence-electron chi connectivity index (χ2n) is 6.43. The number of rotatable bonds is 4. The SMILES string of the molecule is O=C(Cn1nnc2ccccc2c1=O)N1CCN(Cc2ccc(Br)s2)CC1. The van der Waals surface area contributed by atoms with Gasteiger partial charge in [-0.1, -0.05) is 17.3 Å². The van der Waals surface area contributed by atoms with Gasteiger partial charge in [-0.05, 0) is 40.2 Å². The van der Waals surface area contributed by atoms with E-state index in [1.807, 2.05) is 0 Å². The quantitative estimate of drug-likeness (QED) is 0.611. The summed E-state index contributed by atoms with van der Waals surface area (Å²) in [4.78, 5) is 30.5. The Morgan fingerprint density at radius 2 is 1.89 bits per heavy atom. The molecule has 3 aromatic rings. The molecule has 1 amide bonds. The number of amides is 1. The van der Waals surface area contributed by atoms with Crippen molar-refractivity contribution in [3.8, 4) is 0 Å². The number of benzene rings is 1. The third-order valence-corrected chi connectivity index (χ3v) is 6.26. The van der Waals surface area contributed by atoms with Crippen molar-refractivity contribution in [3.63, 3.8) is 0 Å². The number of fused-ring (bicyclic) bond motifs is 1. The third kappa shape index (κ3) is 4.10. The lowest BCUT2D eigenvalue weighted by Gasteiger charge is -2.34. The van der Waals surface area contributed by atoms with Crippen molar-refractivity contribution in [1.29, 1.82) is 0 Å². The number of hydrogen-bond acceptors (Lipinski definition) is 6. The number of nitrogens with zero attached hydrogens (tertiary/aromatic N) is 5. The molecule has 0 spiro atoms. The Balaban J connectivity index is 1.37. The van der Waals surface area contributed by atoms with E-state index in [0.29, 0.717) is 24.0 Å². The van der Waals surface area contributed by atoms with Gasteiger partial charge < -0.3 is 4.90 Å². The van der Waals surface area contributed by atoms with Crippen molar-refractivity contribution in [2.24, 2.45) is 0 Å². The highest BCUT2D eigenvalue weighted by Gasteiger charge is 2.22. The van der Waals surface area contributed by atoms with Crippen LogP contribution in [-0.4, -0.2) is 56.9 Å². The van der Waals surface area contributed by atoms with Gasteiger partial charge in [-0.3, -0.25) is 14.5 Å². The van der Waals surface area contributed by atoms with Crippen LogP contribution in [-0.2, 0) is 17.9 Å².